The van der Waals surface area contributed by atoms with E-state index in [0.717, 1.165) is 37.1 Å². The number of ether oxygens (including phenoxy) is 5. The molecule has 0 spiro atoms. The summed E-state index contributed by atoms with van der Waals surface area (Å²) in [7, 11) is 12.4. The van der Waals surface area contributed by atoms with Crippen molar-refractivity contribution in [3.63, 3.8) is 0 Å². The number of rotatable bonds is 28. The summed E-state index contributed by atoms with van der Waals surface area (Å²) in [6.45, 7) is 4.46. The lowest BCUT2D eigenvalue weighted by Crippen LogP contribution is -2.49. The van der Waals surface area contributed by atoms with Gasteiger partial charge in [0.1, 0.15) is 12.6 Å². The molecule has 248 valence electrons. The third-order valence-electron chi connectivity index (χ3n) is 6.45. The molecule has 4 atom stereocenters. The molecular formula is C27H54N4O9S2. The van der Waals surface area contributed by atoms with E-state index in [-0.39, 0.29) is 30.6 Å². The van der Waals surface area contributed by atoms with Gasteiger partial charge in [0.05, 0.1) is 26.3 Å². The van der Waals surface area contributed by atoms with Crippen molar-refractivity contribution in [2.45, 2.75) is 88.1 Å². The molecule has 0 aliphatic carbocycles. The van der Waals surface area contributed by atoms with Crippen LogP contribution in [0.3, 0.4) is 0 Å². The van der Waals surface area contributed by atoms with E-state index >= 15 is 0 Å². The molecule has 6 N–H and O–H groups in total. The fourth-order valence-corrected chi connectivity index (χ4v) is 6.06. The van der Waals surface area contributed by atoms with Gasteiger partial charge in [0.15, 0.2) is 12.6 Å². The van der Waals surface area contributed by atoms with E-state index in [0.29, 0.717) is 38.0 Å². The summed E-state index contributed by atoms with van der Waals surface area (Å²) in [5.41, 5.74) is 13.2. The Morgan fingerprint density at radius 1 is 0.738 bits per heavy atom. The molecule has 15 heteroatoms. The molecule has 1 amide bonds. The average molecular weight is 643 g/mol. The monoisotopic (exact) mass is 642 g/mol. The van der Waals surface area contributed by atoms with Gasteiger partial charge < -0.3 is 45.8 Å². The van der Waals surface area contributed by atoms with Gasteiger partial charge in [-0.2, -0.15) is 0 Å². The molecule has 0 fully saturated rings. The van der Waals surface area contributed by atoms with Crippen LogP contribution in [0.25, 0.3) is 0 Å². The minimum Gasteiger partial charge on any atom is -0.467 e. The van der Waals surface area contributed by atoms with Crippen molar-refractivity contribution in [1.29, 1.82) is 0 Å². The Morgan fingerprint density at radius 3 is 1.76 bits per heavy atom. The second kappa shape index (κ2) is 26.3. The Bertz CT molecular complexity index is 719. The lowest BCUT2D eigenvalue weighted by atomic mass is 10.1. The van der Waals surface area contributed by atoms with E-state index in [4.69, 9.17) is 44.9 Å². The Balaban J connectivity index is 4.38. The number of carbonyl (C=O) groups is 2. The van der Waals surface area contributed by atoms with Crippen molar-refractivity contribution in [3.05, 3.63) is 12.3 Å². The van der Waals surface area contributed by atoms with Gasteiger partial charge in [0, 0.05) is 51.7 Å². The molecule has 0 saturated carbocycles. The molecule has 0 radical (unpaired) electrons. The maximum atomic E-state index is 12.6. The van der Waals surface area contributed by atoms with Gasteiger partial charge in [-0.15, -0.1) is 0 Å². The standard InChI is InChI=1S/C27H54N4O9S2/c1-19(30-20(18-40-39-7)10-8-12-24(34-2)35-3)21(28)14-16-41-42-17-15-22(29)26(32)31-23(27(33)38-6)11-9-13-25(36-4)37-5/h20-25,30H,1,8-18,28-29H2,2-7H3,(H,31,32). The van der Waals surface area contributed by atoms with Gasteiger partial charge >= 0.3 is 5.97 Å². The molecule has 0 aromatic carbocycles. The molecule has 0 rings (SSSR count). The van der Waals surface area contributed by atoms with Crippen molar-refractivity contribution in [1.82, 2.24) is 10.6 Å². The molecule has 4 unspecified atom stereocenters. The molecule has 0 heterocycles. The summed E-state index contributed by atoms with van der Waals surface area (Å²) in [4.78, 5) is 34.6. The van der Waals surface area contributed by atoms with Gasteiger partial charge in [-0.3, -0.25) is 4.79 Å². The minimum atomic E-state index is -0.776. The van der Waals surface area contributed by atoms with Crippen LogP contribution in [-0.2, 0) is 43.0 Å². The van der Waals surface area contributed by atoms with Crippen LogP contribution in [0.2, 0.25) is 0 Å². The van der Waals surface area contributed by atoms with E-state index in [9.17, 15) is 9.59 Å². The SMILES string of the molecule is C=C(NC(CCCC(OC)OC)COOC)C(N)CCSSCCC(N)C(=O)NC(CCCC(OC)OC)C(=O)OC. The zero-order chi connectivity index (χ0) is 31.8. The second-order valence-corrected chi connectivity index (χ2v) is 12.2. The number of esters is 1. The highest BCUT2D eigenvalue weighted by Gasteiger charge is 2.24. The number of methoxy groups -OCH3 is 5. The number of nitrogens with two attached hydrogens (primary N) is 2. The van der Waals surface area contributed by atoms with Crippen molar-refractivity contribution in [2.24, 2.45) is 11.5 Å². The first-order valence-electron chi connectivity index (χ1n) is 14.0. The van der Waals surface area contributed by atoms with Crippen molar-refractivity contribution in [2.75, 3.05) is 60.8 Å². The summed E-state index contributed by atoms with van der Waals surface area (Å²) in [6.07, 6.45) is 4.56. The second-order valence-electron chi connectivity index (χ2n) is 9.50. The fourth-order valence-electron chi connectivity index (χ4n) is 3.84. The molecule has 0 aromatic heterocycles. The normalized spacial score (nSPS) is 14.4. The topological polar surface area (TPSA) is 175 Å². The average Bonchev–Trinajstić information content (AvgIpc) is 3.00. The molecule has 0 aliphatic rings. The smallest absolute Gasteiger partial charge is 0.328 e. The Kier molecular flexibility index (Phi) is 25.6. The zero-order valence-corrected chi connectivity index (χ0v) is 27.7. The summed E-state index contributed by atoms with van der Waals surface area (Å²) >= 11 is 0. The first-order chi connectivity index (χ1) is 20.2. The maximum Gasteiger partial charge on any atom is 0.328 e. The molecule has 0 aromatic rings. The predicted molar refractivity (Wildman–Crippen MR) is 166 cm³/mol. The highest BCUT2D eigenvalue weighted by molar-refractivity contribution is 8.76. The van der Waals surface area contributed by atoms with Gasteiger partial charge in [0.25, 0.3) is 0 Å². The largest absolute Gasteiger partial charge is 0.467 e. The summed E-state index contributed by atoms with van der Waals surface area (Å²) in [5, 5.41) is 6.07. The first kappa shape index (κ1) is 40.9. The molecule has 0 saturated heterocycles. The summed E-state index contributed by atoms with van der Waals surface area (Å²) in [6, 6.07) is -1.77. The lowest BCUT2D eigenvalue weighted by molar-refractivity contribution is -0.276. The molecule has 42 heavy (non-hydrogen) atoms. The van der Waals surface area contributed by atoms with Crippen molar-refractivity contribution in [3.8, 4) is 0 Å². The lowest BCUT2D eigenvalue weighted by Gasteiger charge is -2.24. The van der Waals surface area contributed by atoms with E-state index in [2.05, 4.69) is 17.2 Å². The predicted octanol–water partition coefficient (Wildman–Crippen LogP) is 2.09. The van der Waals surface area contributed by atoms with E-state index in [1.807, 2.05) is 0 Å². The highest BCUT2D eigenvalue weighted by atomic mass is 33.1. The molecule has 0 bridgehead atoms. The minimum absolute atomic E-state index is 0.0149. The molecular weight excluding hydrogens is 588 g/mol. The van der Waals surface area contributed by atoms with Crippen molar-refractivity contribution < 1.29 is 43.0 Å². The van der Waals surface area contributed by atoms with Crippen LogP contribution in [0.15, 0.2) is 12.3 Å². The Labute approximate surface area is 259 Å². The van der Waals surface area contributed by atoms with Crippen LogP contribution in [0.1, 0.15) is 51.4 Å². The molecule has 13 nitrogen and oxygen atoms in total. The van der Waals surface area contributed by atoms with Crippen molar-refractivity contribution >= 4 is 33.5 Å². The number of hydrogen-bond acceptors (Lipinski definition) is 14. The van der Waals surface area contributed by atoms with E-state index in [1.165, 1.54) is 14.2 Å². The van der Waals surface area contributed by atoms with Gasteiger partial charge in [-0.1, -0.05) is 28.2 Å². The zero-order valence-electron chi connectivity index (χ0n) is 26.1. The third kappa shape index (κ3) is 19.2. The quantitative estimate of drug-likeness (QED) is 0.0244. The molecule has 0 aliphatic heterocycles. The third-order valence-corrected chi connectivity index (χ3v) is 8.92. The number of amides is 1. The van der Waals surface area contributed by atoms with Crippen LogP contribution < -0.4 is 22.1 Å². The number of nitrogens with one attached hydrogen (secondary N) is 2. The van der Waals surface area contributed by atoms with Gasteiger partial charge in [-0.05, 0) is 51.4 Å². The van der Waals surface area contributed by atoms with E-state index in [1.54, 1.807) is 50.0 Å². The highest BCUT2D eigenvalue weighted by Crippen LogP contribution is 2.24. The Morgan fingerprint density at radius 2 is 1.26 bits per heavy atom. The summed E-state index contributed by atoms with van der Waals surface area (Å²) in [5.74, 6) is 0.565. The number of hydrogen-bond donors (Lipinski definition) is 4. The van der Waals surface area contributed by atoms with Gasteiger partial charge in [0.2, 0.25) is 5.91 Å². The van der Waals surface area contributed by atoms with Gasteiger partial charge in [-0.25, -0.2) is 14.6 Å². The van der Waals surface area contributed by atoms with Crippen LogP contribution >= 0.6 is 21.6 Å². The number of carbonyl (C=O) groups excluding carboxylic acids is 2. The van der Waals surface area contributed by atoms with Crippen LogP contribution in [-0.4, -0.2) is 109 Å². The maximum absolute atomic E-state index is 12.6. The summed E-state index contributed by atoms with van der Waals surface area (Å²) < 4.78 is 25.6. The van der Waals surface area contributed by atoms with E-state index < -0.39 is 18.1 Å². The van der Waals surface area contributed by atoms with Crippen LogP contribution in [0, 0.1) is 0 Å². The van der Waals surface area contributed by atoms with Crippen LogP contribution in [0.5, 0.6) is 0 Å². The fraction of sp³-hybridized carbons (Fsp3) is 0.852. The Hall–Kier alpha value is -1.14. The first-order valence-corrected chi connectivity index (χ1v) is 16.5. The van der Waals surface area contributed by atoms with Crippen LogP contribution in [0.4, 0.5) is 0 Å².